The maximum absolute atomic E-state index is 11.7. The molecule has 1 heterocycles. The Labute approximate surface area is 195 Å². The van der Waals surface area contributed by atoms with Crippen molar-refractivity contribution in [1.82, 2.24) is 5.32 Å². The molecule has 1 rings (SSSR count). The van der Waals surface area contributed by atoms with Crippen LogP contribution in [0.5, 0.6) is 0 Å². The monoisotopic (exact) mass is 483 g/mol. The fourth-order valence-electron chi connectivity index (χ4n) is 2.80. The third-order valence-corrected chi connectivity index (χ3v) is 4.68. The van der Waals surface area contributed by atoms with Gasteiger partial charge in [0.2, 0.25) is 5.91 Å². The zero-order valence-corrected chi connectivity index (χ0v) is 19.7. The van der Waals surface area contributed by atoms with Crippen LogP contribution in [0.15, 0.2) is 0 Å². The van der Waals surface area contributed by atoms with E-state index in [4.69, 9.17) is 33.2 Å². The fraction of sp³-hybridized carbons (Fsp3) is 0.952. The lowest BCUT2D eigenvalue weighted by molar-refractivity contribution is -0.294. The first-order valence-corrected chi connectivity index (χ1v) is 11.4. The molecule has 0 aromatic heterocycles. The minimum Gasteiger partial charge on any atom is -0.388 e. The Morgan fingerprint density at radius 3 is 1.94 bits per heavy atom. The number of carbonyl (C=O) groups excluding carboxylic acids is 1. The van der Waals surface area contributed by atoms with Gasteiger partial charge in [-0.25, -0.2) is 0 Å². The van der Waals surface area contributed by atoms with Gasteiger partial charge in [-0.3, -0.25) is 4.79 Å². The minimum atomic E-state index is -1.34. The molecule has 0 saturated carbocycles. The molecule has 0 radical (unpaired) electrons. The van der Waals surface area contributed by atoms with Gasteiger partial charge in [0.25, 0.3) is 0 Å². The molecular weight excluding hydrogens is 442 g/mol. The summed E-state index contributed by atoms with van der Waals surface area (Å²) in [5.41, 5.74) is 0. The van der Waals surface area contributed by atoms with E-state index in [2.05, 4.69) is 5.32 Å². The van der Waals surface area contributed by atoms with Gasteiger partial charge >= 0.3 is 0 Å². The van der Waals surface area contributed by atoms with Crippen molar-refractivity contribution >= 4 is 5.91 Å². The third-order valence-electron chi connectivity index (χ3n) is 4.68. The van der Waals surface area contributed by atoms with Crippen molar-refractivity contribution < 1.29 is 53.3 Å². The Hall–Kier alpha value is -0.930. The summed E-state index contributed by atoms with van der Waals surface area (Å²) in [7, 11) is 0. The van der Waals surface area contributed by atoms with Gasteiger partial charge in [-0.15, -0.1) is 0 Å². The van der Waals surface area contributed by atoms with Crippen molar-refractivity contribution in [2.45, 2.75) is 51.0 Å². The van der Waals surface area contributed by atoms with E-state index in [9.17, 15) is 20.1 Å². The van der Waals surface area contributed by atoms with Gasteiger partial charge in [0.15, 0.2) is 6.29 Å². The lowest BCUT2D eigenvalue weighted by Gasteiger charge is -2.38. The molecule has 1 aliphatic rings. The molecule has 12 heteroatoms. The number of ether oxygens (including phenoxy) is 7. The molecule has 0 aromatic rings. The zero-order chi connectivity index (χ0) is 24.3. The molecule has 4 N–H and O–H groups in total. The van der Waals surface area contributed by atoms with E-state index in [1.807, 2.05) is 6.92 Å². The normalized spacial score (nSPS) is 25.3. The minimum absolute atomic E-state index is 0.126. The van der Waals surface area contributed by atoms with Gasteiger partial charge < -0.3 is 53.8 Å². The Bertz CT molecular complexity index is 485. The molecule has 1 saturated heterocycles. The first-order valence-electron chi connectivity index (χ1n) is 11.4. The molecule has 1 aliphatic heterocycles. The van der Waals surface area contributed by atoms with Crippen molar-refractivity contribution in [2.75, 3.05) is 79.2 Å². The van der Waals surface area contributed by atoms with E-state index in [0.29, 0.717) is 66.0 Å². The van der Waals surface area contributed by atoms with Crippen LogP contribution >= 0.6 is 0 Å². The molecule has 196 valence electrons. The van der Waals surface area contributed by atoms with Crippen LogP contribution in [0.25, 0.3) is 0 Å². The molecule has 0 aromatic carbocycles. The first kappa shape index (κ1) is 30.1. The van der Waals surface area contributed by atoms with Crippen LogP contribution in [0.2, 0.25) is 0 Å². The summed E-state index contributed by atoms with van der Waals surface area (Å²) in [5.74, 6) is -0.140. The lowest BCUT2D eigenvalue weighted by Crippen LogP contribution is -2.57. The summed E-state index contributed by atoms with van der Waals surface area (Å²) >= 11 is 0. The Kier molecular flexibility index (Phi) is 17.7. The van der Waals surface area contributed by atoms with Gasteiger partial charge in [-0.1, -0.05) is 0 Å². The molecule has 12 nitrogen and oxygen atoms in total. The highest BCUT2D eigenvalue weighted by Crippen LogP contribution is 2.21. The van der Waals surface area contributed by atoms with Gasteiger partial charge in [-0.2, -0.15) is 0 Å². The highest BCUT2D eigenvalue weighted by atomic mass is 16.7. The summed E-state index contributed by atoms with van der Waals surface area (Å²) in [6, 6.07) is 0. The Morgan fingerprint density at radius 1 is 0.758 bits per heavy atom. The van der Waals surface area contributed by atoms with Crippen LogP contribution in [0.3, 0.4) is 0 Å². The number of amides is 1. The van der Waals surface area contributed by atoms with Crippen LogP contribution < -0.4 is 5.32 Å². The van der Waals surface area contributed by atoms with E-state index in [-0.39, 0.29) is 25.5 Å². The first-order chi connectivity index (χ1) is 16.0. The molecular formula is C21H41NO11. The van der Waals surface area contributed by atoms with Crippen LogP contribution in [0, 0.1) is 0 Å². The smallest absolute Gasteiger partial charge is 0.222 e. The number of aliphatic hydroxyl groups is 3. The molecule has 0 bridgehead atoms. The lowest BCUT2D eigenvalue weighted by atomic mass is 10.0. The molecule has 0 unspecified atom stereocenters. The number of nitrogens with one attached hydrogen (secondary N) is 1. The Morgan fingerprint density at radius 2 is 1.30 bits per heavy atom. The van der Waals surface area contributed by atoms with Gasteiger partial charge in [0.1, 0.15) is 18.3 Å². The standard InChI is InChI=1S/C21H41NO11/c1-3-27-8-9-30-12-13-31-11-10-28-6-4-17(23)22-5-7-29-14-15-32-21-20(26)19(25)18(24)16(2)33-21/h16,18-21,24-26H,3-15H2,1-2H3,(H,22,23)/t16-,18-,19+,20+,21+/m0/s1. The van der Waals surface area contributed by atoms with E-state index in [0.717, 1.165) is 0 Å². The molecule has 5 atom stereocenters. The van der Waals surface area contributed by atoms with Crippen LogP contribution in [-0.4, -0.2) is 131 Å². The third kappa shape index (κ3) is 14.2. The second-order valence-electron chi connectivity index (χ2n) is 7.30. The van der Waals surface area contributed by atoms with Crippen LogP contribution in [0.4, 0.5) is 0 Å². The summed E-state index contributed by atoms with van der Waals surface area (Å²) in [4.78, 5) is 11.7. The van der Waals surface area contributed by atoms with Crippen molar-refractivity contribution in [2.24, 2.45) is 0 Å². The van der Waals surface area contributed by atoms with Gasteiger partial charge in [-0.05, 0) is 13.8 Å². The number of carbonyl (C=O) groups is 1. The average Bonchev–Trinajstić information content (AvgIpc) is 2.80. The van der Waals surface area contributed by atoms with E-state index in [1.54, 1.807) is 6.92 Å². The van der Waals surface area contributed by atoms with Crippen LogP contribution in [0.1, 0.15) is 20.3 Å². The molecule has 0 spiro atoms. The Balaban J connectivity index is 1.85. The quantitative estimate of drug-likeness (QED) is 0.149. The maximum Gasteiger partial charge on any atom is 0.222 e. The van der Waals surface area contributed by atoms with Crippen LogP contribution in [-0.2, 0) is 38.0 Å². The second-order valence-corrected chi connectivity index (χ2v) is 7.30. The zero-order valence-electron chi connectivity index (χ0n) is 19.7. The fourth-order valence-corrected chi connectivity index (χ4v) is 2.80. The highest BCUT2D eigenvalue weighted by Gasteiger charge is 2.42. The predicted octanol–water partition coefficient (Wildman–Crippen LogP) is -1.56. The largest absolute Gasteiger partial charge is 0.388 e. The van der Waals surface area contributed by atoms with Crippen molar-refractivity contribution in [3.05, 3.63) is 0 Å². The summed E-state index contributed by atoms with van der Waals surface area (Å²) in [6.07, 6.45) is -5.29. The predicted molar refractivity (Wildman–Crippen MR) is 116 cm³/mol. The SMILES string of the molecule is CCOCCOCCOCCOCCC(=O)NCCOCCO[C@@H]1O[C@@H](C)[C@H](O)[C@@H](O)[C@H]1O. The van der Waals surface area contributed by atoms with Gasteiger partial charge in [0, 0.05) is 19.6 Å². The summed E-state index contributed by atoms with van der Waals surface area (Å²) in [6.45, 7) is 8.46. The number of aliphatic hydroxyl groups excluding tert-OH is 3. The summed E-state index contributed by atoms with van der Waals surface area (Å²) in [5, 5.41) is 31.9. The van der Waals surface area contributed by atoms with E-state index < -0.39 is 30.7 Å². The number of rotatable bonds is 20. The molecule has 33 heavy (non-hydrogen) atoms. The number of hydrogen-bond acceptors (Lipinski definition) is 11. The second kappa shape index (κ2) is 19.4. The molecule has 1 amide bonds. The van der Waals surface area contributed by atoms with Crippen molar-refractivity contribution in [3.8, 4) is 0 Å². The molecule has 1 fully saturated rings. The highest BCUT2D eigenvalue weighted by molar-refractivity contribution is 5.75. The van der Waals surface area contributed by atoms with E-state index >= 15 is 0 Å². The topological polar surface area (TPSA) is 154 Å². The van der Waals surface area contributed by atoms with Crippen molar-refractivity contribution in [3.63, 3.8) is 0 Å². The average molecular weight is 484 g/mol. The van der Waals surface area contributed by atoms with Crippen molar-refractivity contribution in [1.29, 1.82) is 0 Å². The molecule has 0 aliphatic carbocycles. The number of hydrogen-bond donors (Lipinski definition) is 4. The van der Waals surface area contributed by atoms with Gasteiger partial charge in [0.05, 0.1) is 72.2 Å². The maximum atomic E-state index is 11.7. The van der Waals surface area contributed by atoms with E-state index in [1.165, 1.54) is 0 Å². The summed E-state index contributed by atoms with van der Waals surface area (Å²) < 4.78 is 37.2.